The zero-order valence-electron chi connectivity index (χ0n) is 10.6. The molecule has 0 spiro atoms. The van der Waals surface area contributed by atoms with Crippen LogP contribution in [0.2, 0.25) is 0 Å². The first-order chi connectivity index (χ1) is 7.93. The number of hydrogen-bond donors (Lipinski definition) is 3. The Labute approximate surface area is 111 Å². The van der Waals surface area contributed by atoms with Crippen LogP contribution >= 0.6 is 0 Å². The Morgan fingerprint density at radius 1 is 0.684 bits per heavy atom. The zero-order valence-corrected chi connectivity index (χ0v) is 10.6. The molecule has 0 fully saturated rings. The number of aliphatic hydroxyl groups excluding tert-OH is 3. The quantitative estimate of drug-likeness (QED) is 0.423. The van der Waals surface area contributed by atoms with Gasteiger partial charge in [-0.1, -0.05) is 0 Å². The van der Waals surface area contributed by atoms with Gasteiger partial charge in [-0.3, -0.25) is 0 Å². The van der Waals surface area contributed by atoms with Crippen molar-refractivity contribution in [3.63, 3.8) is 0 Å². The normalized spacial score (nSPS) is 12.9. The molecule has 0 amide bonds. The molecule has 0 aliphatic heterocycles. The average Bonchev–Trinajstić information content (AvgIpc) is 2.18. The molecule has 0 rings (SSSR count). The van der Waals surface area contributed by atoms with Crippen molar-refractivity contribution in [2.45, 2.75) is 39.1 Å². The second kappa shape index (κ2) is 14.4. The van der Waals surface area contributed by atoms with Crippen LogP contribution in [0, 0.1) is 0 Å². The van der Waals surface area contributed by atoms with Crippen molar-refractivity contribution in [1.29, 1.82) is 0 Å². The molecule has 9 nitrogen and oxygen atoms in total. The molecule has 0 aromatic heterocycles. The van der Waals surface area contributed by atoms with E-state index in [9.17, 15) is 29.7 Å². The minimum Gasteiger partial charge on any atom is -0.547 e. The van der Waals surface area contributed by atoms with Gasteiger partial charge in [-0.15, -0.1) is 0 Å². The molecule has 0 bridgehead atoms. The first-order valence-electron chi connectivity index (χ1n) is 4.60. The van der Waals surface area contributed by atoms with Gasteiger partial charge in [-0.25, -0.2) is 0 Å². The molecule has 19 heavy (non-hydrogen) atoms. The van der Waals surface area contributed by atoms with Gasteiger partial charge < -0.3 is 45.0 Å². The Hall–Kier alpha value is -1.65. The fraction of sp³-hybridized carbons (Fsp3) is 0.667. The van der Waals surface area contributed by atoms with Crippen molar-refractivity contribution in [3.05, 3.63) is 0 Å². The molecule has 0 saturated heterocycles. The summed E-state index contributed by atoms with van der Waals surface area (Å²) < 4.78 is 0. The number of aliphatic carboxylic acids is 3. The number of carboxylic acid groups (broad SMARTS) is 3. The summed E-state index contributed by atoms with van der Waals surface area (Å²) in [5.74, 6) is -4.31. The number of carboxylic acids is 3. The first kappa shape index (κ1) is 26.0. The molecule has 10 heteroatoms. The third kappa shape index (κ3) is 31.4. The monoisotopic (exact) mass is 278 g/mol. The van der Waals surface area contributed by atoms with Crippen molar-refractivity contribution in [1.82, 2.24) is 0 Å². The van der Waals surface area contributed by atoms with E-state index in [1.54, 1.807) is 0 Å². The van der Waals surface area contributed by atoms with Crippen LogP contribution in [-0.2, 0) is 14.4 Å². The van der Waals surface area contributed by atoms with Gasteiger partial charge in [0.2, 0.25) is 0 Å². The molecule has 0 radical (unpaired) electrons. The summed E-state index contributed by atoms with van der Waals surface area (Å²) in [6, 6.07) is 0. The van der Waals surface area contributed by atoms with Crippen molar-refractivity contribution in [2.24, 2.45) is 0 Å². The SMILES string of the molecule is CC(O)C(=O)[O-].CC(O)C(=O)[O-].CC(O)C(=O)[O-].[B+3]. The van der Waals surface area contributed by atoms with Gasteiger partial charge in [0.05, 0.1) is 36.2 Å². The average molecular weight is 278 g/mol. The standard InChI is InChI=1S/3C3H6O3.B/c3*1-2(4)3(5)6;/h3*2,4H,1H3,(H,5,6);/q;;;+3/p-3. The van der Waals surface area contributed by atoms with Gasteiger partial charge >= 0.3 is 8.41 Å². The van der Waals surface area contributed by atoms with Crippen LogP contribution in [0.4, 0.5) is 0 Å². The van der Waals surface area contributed by atoms with Gasteiger partial charge in [0.1, 0.15) is 0 Å². The van der Waals surface area contributed by atoms with E-state index in [1.807, 2.05) is 0 Å². The summed E-state index contributed by atoms with van der Waals surface area (Å²) in [4.78, 5) is 28.0. The van der Waals surface area contributed by atoms with Crippen molar-refractivity contribution < 1.29 is 45.0 Å². The summed E-state index contributed by atoms with van der Waals surface area (Å²) in [6.07, 6.45) is -4.03. The summed E-state index contributed by atoms with van der Waals surface area (Å²) in [5, 5.41) is 51.9. The molecule has 108 valence electrons. The first-order valence-corrected chi connectivity index (χ1v) is 4.60. The van der Waals surface area contributed by atoms with E-state index in [-0.39, 0.29) is 8.41 Å². The van der Waals surface area contributed by atoms with Crippen LogP contribution < -0.4 is 15.3 Å². The van der Waals surface area contributed by atoms with Crippen molar-refractivity contribution in [3.8, 4) is 0 Å². The Balaban J connectivity index is -0.0000000865. The Morgan fingerprint density at radius 2 is 0.737 bits per heavy atom. The number of hydrogen-bond acceptors (Lipinski definition) is 9. The predicted octanol–water partition coefficient (Wildman–Crippen LogP) is -6.03. The minimum absolute atomic E-state index is 0. The summed E-state index contributed by atoms with van der Waals surface area (Å²) in [7, 11) is 0. The van der Waals surface area contributed by atoms with E-state index in [1.165, 1.54) is 0 Å². The molecule has 3 atom stereocenters. The fourth-order valence-corrected chi connectivity index (χ4v) is 0. The van der Waals surface area contributed by atoms with Crippen LogP contribution in [0.25, 0.3) is 0 Å². The number of rotatable bonds is 3. The molecule has 0 aromatic carbocycles. The zero-order chi connectivity index (χ0) is 15.5. The maximum atomic E-state index is 9.34. The Bertz CT molecular complexity index is 220. The molecule has 0 aliphatic carbocycles. The van der Waals surface area contributed by atoms with Crippen LogP contribution in [-0.4, -0.2) is 60.0 Å². The Morgan fingerprint density at radius 3 is 0.737 bits per heavy atom. The molecule has 0 aromatic rings. The number of carbonyl (C=O) groups excluding carboxylic acids is 3. The summed E-state index contributed by atoms with van der Waals surface area (Å²) in [5.41, 5.74) is 0. The topological polar surface area (TPSA) is 181 Å². The second-order valence-electron chi connectivity index (χ2n) is 2.99. The third-order valence-electron chi connectivity index (χ3n) is 1.02. The molecule has 3 N–H and O–H groups in total. The number of carbonyl (C=O) groups is 3. The van der Waals surface area contributed by atoms with Crippen LogP contribution in [0.3, 0.4) is 0 Å². The van der Waals surface area contributed by atoms with Gasteiger partial charge in [0.25, 0.3) is 0 Å². The Kier molecular flexibility index (Phi) is 19.7. The predicted molar refractivity (Wildman–Crippen MR) is 55.8 cm³/mol. The maximum absolute atomic E-state index is 9.34. The minimum atomic E-state index is -1.44. The molecule has 0 saturated carbocycles. The summed E-state index contributed by atoms with van der Waals surface area (Å²) >= 11 is 0. The smallest absolute Gasteiger partial charge is 0.547 e. The van der Waals surface area contributed by atoms with Crippen molar-refractivity contribution in [2.75, 3.05) is 0 Å². The molecular formula is C9H15BO9. The molecule has 0 heterocycles. The van der Waals surface area contributed by atoms with Crippen LogP contribution in [0.1, 0.15) is 20.8 Å². The molecule has 3 unspecified atom stereocenters. The van der Waals surface area contributed by atoms with Gasteiger partial charge in [0.15, 0.2) is 0 Å². The van der Waals surface area contributed by atoms with Crippen LogP contribution in [0.15, 0.2) is 0 Å². The maximum Gasteiger partial charge on any atom is 3.00 e. The second-order valence-corrected chi connectivity index (χ2v) is 2.99. The van der Waals surface area contributed by atoms with Gasteiger partial charge in [0, 0.05) is 0 Å². The van der Waals surface area contributed by atoms with E-state index in [0.717, 1.165) is 20.8 Å². The van der Waals surface area contributed by atoms with E-state index in [4.69, 9.17) is 15.3 Å². The largest absolute Gasteiger partial charge is 3.00 e. The number of aliphatic hydroxyl groups is 3. The fourth-order valence-electron chi connectivity index (χ4n) is 0. The van der Waals surface area contributed by atoms with E-state index in [2.05, 4.69) is 0 Å². The van der Waals surface area contributed by atoms with Gasteiger partial charge in [-0.2, -0.15) is 0 Å². The molecular weight excluding hydrogens is 263 g/mol. The van der Waals surface area contributed by atoms with Crippen molar-refractivity contribution >= 4 is 26.3 Å². The molecule has 0 aliphatic rings. The third-order valence-corrected chi connectivity index (χ3v) is 1.02. The summed E-state index contributed by atoms with van der Waals surface area (Å²) in [6.45, 7) is 3.40. The van der Waals surface area contributed by atoms with E-state index >= 15 is 0 Å². The van der Waals surface area contributed by atoms with E-state index < -0.39 is 36.2 Å². The van der Waals surface area contributed by atoms with Crippen LogP contribution in [0.5, 0.6) is 0 Å². The van der Waals surface area contributed by atoms with Gasteiger partial charge in [-0.05, 0) is 20.8 Å². The van der Waals surface area contributed by atoms with E-state index in [0.29, 0.717) is 0 Å².